The van der Waals surface area contributed by atoms with Crippen molar-refractivity contribution < 1.29 is 14.0 Å². The van der Waals surface area contributed by atoms with E-state index in [-0.39, 0.29) is 17.9 Å². The molecule has 2 amide bonds. The first-order chi connectivity index (χ1) is 11.0. The highest BCUT2D eigenvalue weighted by Gasteiger charge is 2.18. The number of carbonyl (C=O) groups is 2. The number of halogens is 1. The predicted molar refractivity (Wildman–Crippen MR) is 91.1 cm³/mol. The minimum Gasteiger partial charge on any atom is -0.472 e. The first-order valence-corrected chi connectivity index (χ1v) is 8.13. The summed E-state index contributed by atoms with van der Waals surface area (Å²) in [6, 6.07) is 8.86. The van der Waals surface area contributed by atoms with E-state index in [2.05, 4.69) is 26.6 Å². The summed E-state index contributed by atoms with van der Waals surface area (Å²) in [4.78, 5) is 24.0. The summed E-state index contributed by atoms with van der Waals surface area (Å²) in [5.41, 5.74) is 1.53. The SMILES string of the molecule is C[C@H](Cc1ccc(Br)cc1)NC(=O)[C@@H](C)NC(=O)c1ccoc1. The molecule has 0 bridgehead atoms. The van der Waals surface area contributed by atoms with Crippen LogP contribution in [0, 0.1) is 0 Å². The van der Waals surface area contributed by atoms with Crippen LogP contribution in [-0.4, -0.2) is 23.9 Å². The molecule has 0 saturated carbocycles. The van der Waals surface area contributed by atoms with Crippen molar-refractivity contribution in [2.75, 3.05) is 0 Å². The first-order valence-electron chi connectivity index (χ1n) is 7.33. The number of furan rings is 1. The molecule has 0 fully saturated rings. The first kappa shape index (κ1) is 17.3. The number of rotatable bonds is 6. The van der Waals surface area contributed by atoms with Gasteiger partial charge < -0.3 is 15.1 Å². The van der Waals surface area contributed by atoms with Crippen molar-refractivity contribution in [2.24, 2.45) is 0 Å². The Bertz CT molecular complexity index is 653. The molecular formula is C17H19BrN2O3. The van der Waals surface area contributed by atoms with E-state index in [1.807, 2.05) is 31.2 Å². The van der Waals surface area contributed by atoms with Gasteiger partial charge in [0, 0.05) is 10.5 Å². The Balaban J connectivity index is 1.82. The van der Waals surface area contributed by atoms with E-state index in [0.29, 0.717) is 5.56 Å². The second kappa shape index (κ2) is 7.97. The minimum absolute atomic E-state index is 0.0306. The number of hydrogen-bond donors (Lipinski definition) is 2. The molecule has 0 aliphatic carbocycles. The summed E-state index contributed by atoms with van der Waals surface area (Å²) in [6.45, 7) is 3.59. The molecule has 1 heterocycles. The molecule has 0 aliphatic rings. The number of hydrogen-bond acceptors (Lipinski definition) is 3. The second-order valence-corrected chi connectivity index (χ2v) is 6.36. The summed E-state index contributed by atoms with van der Waals surface area (Å²) in [5, 5.41) is 5.55. The molecule has 0 saturated heterocycles. The average Bonchev–Trinajstić information content (AvgIpc) is 3.03. The minimum atomic E-state index is -0.621. The van der Waals surface area contributed by atoms with Gasteiger partial charge in [-0.05, 0) is 44.0 Å². The summed E-state index contributed by atoms with van der Waals surface area (Å²) < 4.78 is 5.87. The highest BCUT2D eigenvalue weighted by atomic mass is 79.9. The fourth-order valence-corrected chi connectivity index (χ4v) is 2.40. The van der Waals surface area contributed by atoms with E-state index < -0.39 is 6.04 Å². The molecule has 2 rings (SSSR count). The van der Waals surface area contributed by atoms with Gasteiger partial charge in [0.25, 0.3) is 5.91 Å². The van der Waals surface area contributed by atoms with Crippen LogP contribution < -0.4 is 10.6 Å². The zero-order chi connectivity index (χ0) is 16.8. The Labute approximate surface area is 143 Å². The molecule has 0 aliphatic heterocycles. The Morgan fingerprint density at radius 3 is 2.43 bits per heavy atom. The fraction of sp³-hybridized carbons (Fsp3) is 0.294. The number of nitrogens with one attached hydrogen (secondary N) is 2. The zero-order valence-electron chi connectivity index (χ0n) is 13.0. The monoisotopic (exact) mass is 378 g/mol. The van der Waals surface area contributed by atoms with Crippen LogP contribution >= 0.6 is 15.9 Å². The third-order valence-corrected chi connectivity index (χ3v) is 3.90. The number of amides is 2. The van der Waals surface area contributed by atoms with Crippen LogP contribution in [0.25, 0.3) is 0 Å². The molecule has 122 valence electrons. The molecule has 0 radical (unpaired) electrons. The van der Waals surface area contributed by atoms with Crippen molar-refractivity contribution >= 4 is 27.7 Å². The van der Waals surface area contributed by atoms with Crippen LogP contribution in [0.5, 0.6) is 0 Å². The van der Waals surface area contributed by atoms with E-state index in [1.54, 1.807) is 13.0 Å². The van der Waals surface area contributed by atoms with Gasteiger partial charge in [0.15, 0.2) is 0 Å². The Morgan fingerprint density at radius 2 is 1.83 bits per heavy atom. The number of carbonyl (C=O) groups excluding carboxylic acids is 2. The molecule has 2 atom stereocenters. The average molecular weight is 379 g/mol. The van der Waals surface area contributed by atoms with Gasteiger partial charge >= 0.3 is 0 Å². The second-order valence-electron chi connectivity index (χ2n) is 5.45. The van der Waals surface area contributed by atoms with Crippen LogP contribution in [0.3, 0.4) is 0 Å². The maximum Gasteiger partial charge on any atom is 0.255 e. The van der Waals surface area contributed by atoms with Crippen molar-refractivity contribution in [1.82, 2.24) is 10.6 Å². The number of benzene rings is 1. The van der Waals surface area contributed by atoms with Crippen LogP contribution in [0.2, 0.25) is 0 Å². The van der Waals surface area contributed by atoms with Gasteiger partial charge in [-0.1, -0.05) is 28.1 Å². The van der Waals surface area contributed by atoms with E-state index in [1.165, 1.54) is 12.5 Å². The van der Waals surface area contributed by atoms with Gasteiger partial charge in [0.2, 0.25) is 5.91 Å². The van der Waals surface area contributed by atoms with Crippen LogP contribution in [-0.2, 0) is 11.2 Å². The summed E-state index contributed by atoms with van der Waals surface area (Å²) in [5.74, 6) is -0.548. The smallest absolute Gasteiger partial charge is 0.255 e. The molecule has 5 nitrogen and oxygen atoms in total. The van der Waals surface area contributed by atoms with Crippen molar-refractivity contribution in [2.45, 2.75) is 32.4 Å². The van der Waals surface area contributed by atoms with Gasteiger partial charge in [-0.25, -0.2) is 0 Å². The highest BCUT2D eigenvalue weighted by molar-refractivity contribution is 9.10. The molecule has 1 aromatic heterocycles. The van der Waals surface area contributed by atoms with Gasteiger partial charge in [-0.15, -0.1) is 0 Å². The van der Waals surface area contributed by atoms with E-state index in [9.17, 15) is 9.59 Å². The van der Waals surface area contributed by atoms with Gasteiger partial charge in [-0.2, -0.15) is 0 Å². The Morgan fingerprint density at radius 1 is 1.13 bits per heavy atom. The molecular weight excluding hydrogens is 360 g/mol. The lowest BCUT2D eigenvalue weighted by Crippen LogP contribution is -2.47. The maximum absolute atomic E-state index is 12.1. The molecule has 6 heteroatoms. The normalized spacial score (nSPS) is 13.2. The van der Waals surface area contributed by atoms with Gasteiger partial charge in [-0.3, -0.25) is 9.59 Å². The fourth-order valence-electron chi connectivity index (χ4n) is 2.13. The van der Waals surface area contributed by atoms with Crippen molar-refractivity contribution in [3.63, 3.8) is 0 Å². The summed E-state index contributed by atoms with van der Waals surface area (Å²) in [6.07, 6.45) is 3.48. The molecule has 0 unspecified atom stereocenters. The lowest BCUT2D eigenvalue weighted by molar-refractivity contribution is -0.123. The van der Waals surface area contributed by atoms with E-state index in [4.69, 9.17) is 4.42 Å². The van der Waals surface area contributed by atoms with E-state index in [0.717, 1.165) is 16.5 Å². The predicted octanol–water partition coefficient (Wildman–Crippen LogP) is 2.91. The lowest BCUT2D eigenvalue weighted by Gasteiger charge is -2.18. The third-order valence-electron chi connectivity index (χ3n) is 3.37. The molecule has 23 heavy (non-hydrogen) atoms. The van der Waals surface area contributed by atoms with Crippen LogP contribution in [0.1, 0.15) is 29.8 Å². The quantitative estimate of drug-likeness (QED) is 0.811. The summed E-state index contributed by atoms with van der Waals surface area (Å²) in [7, 11) is 0. The molecule has 1 aromatic carbocycles. The highest BCUT2D eigenvalue weighted by Crippen LogP contribution is 2.12. The van der Waals surface area contributed by atoms with Gasteiger partial charge in [0.05, 0.1) is 11.8 Å². The van der Waals surface area contributed by atoms with Crippen molar-refractivity contribution in [1.29, 1.82) is 0 Å². The Hall–Kier alpha value is -2.08. The zero-order valence-corrected chi connectivity index (χ0v) is 14.6. The standard InChI is InChI=1S/C17H19BrN2O3/c1-11(9-13-3-5-15(18)6-4-13)19-16(21)12(2)20-17(22)14-7-8-23-10-14/h3-8,10-12H,9H2,1-2H3,(H,19,21)(H,20,22)/t11-,12-/m1/s1. The Kier molecular flexibility index (Phi) is 5.98. The van der Waals surface area contributed by atoms with Crippen LogP contribution in [0.15, 0.2) is 51.7 Å². The van der Waals surface area contributed by atoms with Crippen LogP contribution in [0.4, 0.5) is 0 Å². The third kappa shape index (κ3) is 5.25. The molecule has 2 N–H and O–H groups in total. The largest absolute Gasteiger partial charge is 0.472 e. The van der Waals surface area contributed by atoms with Crippen molar-refractivity contribution in [3.8, 4) is 0 Å². The maximum atomic E-state index is 12.1. The topological polar surface area (TPSA) is 71.3 Å². The lowest BCUT2D eigenvalue weighted by atomic mass is 10.1. The molecule has 2 aromatic rings. The van der Waals surface area contributed by atoms with Gasteiger partial charge in [0.1, 0.15) is 12.3 Å². The molecule has 0 spiro atoms. The summed E-state index contributed by atoms with van der Waals surface area (Å²) >= 11 is 3.39. The van der Waals surface area contributed by atoms with E-state index >= 15 is 0 Å². The van der Waals surface area contributed by atoms with Crippen molar-refractivity contribution in [3.05, 3.63) is 58.5 Å².